The number of carbonyl (C=O) groups excluding carboxylic acids is 1. The summed E-state index contributed by atoms with van der Waals surface area (Å²) in [5.74, 6) is 0.371. The maximum atomic E-state index is 12.8. The van der Waals surface area contributed by atoms with E-state index in [1.54, 1.807) is 26.2 Å². The Morgan fingerprint density at radius 3 is 2.26 bits per heavy atom. The summed E-state index contributed by atoms with van der Waals surface area (Å²) in [4.78, 5) is 12.6. The highest BCUT2D eigenvalue weighted by Crippen LogP contribution is 2.20. The van der Waals surface area contributed by atoms with Crippen LogP contribution in [-0.4, -0.2) is 38.8 Å². The van der Waals surface area contributed by atoms with Crippen LogP contribution in [0.1, 0.15) is 25.5 Å². The van der Waals surface area contributed by atoms with Crippen LogP contribution in [0.5, 0.6) is 5.75 Å². The van der Waals surface area contributed by atoms with Crippen molar-refractivity contribution in [3.05, 3.63) is 58.6 Å². The summed E-state index contributed by atoms with van der Waals surface area (Å²) < 4.78 is 32.6. The van der Waals surface area contributed by atoms with Gasteiger partial charge in [-0.1, -0.05) is 35.0 Å². The van der Waals surface area contributed by atoms with Crippen molar-refractivity contribution >= 4 is 31.9 Å². The minimum Gasteiger partial charge on any atom is -0.497 e. The number of carbonyl (C=O) groups is 1. The van der Waals surface area contributed by atoms with E-state index in [0.29, 0.717) is 0 Å². The quantitative estimate of drug-likeness (QED) is 0.663. The molecule has 1 N–H and O–H groups in total. The highest BCUT2D eigenvalue weighted by Gasteiger charge is 2.25. The molecule has 6 nitrogen and oxygen atoms in total. The second-order valence-electron chi connectivity index (χ2n) is 5.95. The molecule has 2 rings (SSSR count). The molecule has 1 amide bonds. The number of rotatable bonds is 8. The fraction of sp³-hybridized carbons (Fsp3) is 0.316. The highest BCUT2D eigenvalue weighted by atomic mass is 79.9. The first-order chi connectivity index (χ1) is 12.8. The lowest BCUT2D eigenvalue weighted by Gasteiger charge is -2.22. The SMILES string of the molecule is CCN(CC(=O)NC(C)c1ccc(OC)cc1)S(=O)(=O)c1ccc(Br)cc1. The van der Waals surface area contributed by atoms with Crippen LogP contribution < -0.4 is 10.1 Å². The molecular weight excluding hydrogens is 432 g/mol. The van der Waals surface area contributed by atoms with Gasteiger partial charge in [0.15, 0.2) is 0 Å². The van der Waals surface area contributed by atoms with Gasteiger partial charge in [0.2, 0.25) is 15.9 Å². The number of sulfonamides is 1. The van der Waals surface area contributed by atoms with Crippen molar-refractivity contribution in [3.63, 3.8) is 0 Å². The molecule has 146 valence electrons. The molecule has 2 aromatic carbocycles. The molecule has 8 heteroatoms. The average molecular weight is 455 g/mol. The van der Waals surface area contributed by atoms with Gasteiger partial charge >= 0.3 is 0 Å². The Balaban J connectivity index is 2.06. The second kappa shape index (κ2) is 9.34. The van der Waals surface area contributed by atoms with Gasteiger partial charge in [-0.25, -0.2) is 8.42 Å². The minimum atomic E-state index is -3.74. The van der Waals surface area contributed by atoms with E-state index in [9.17, 15) is 13.2 Å². The summed E-state index contributed by atoms with van der Waals surface area (Å²) in [6.07, 6.45) is 0. The number of benzene rings is 2. The van der Waals surface area contributed by atoms with Crippen molar-refractivity contribution in [3.8, 4) is 5.75 Å². The molecule has 2 aromatic rings. The number of halogens is 1. The predicted molar refractivity (Wildman–Crippen MR) is 108 cm³/mol. The monoisotopic (exact) mass is 454 g/mol. The molecule has 0 saturated carbocycles. The van der Waals surface area contributed by atoms with Crippen molar-refractivity contribution in [2.24, 2.45) is 0 Å². The smallest absolute Gasteiger partial charge is 0.243 e. The van der Waals surface area contributed by atoms with E-state index < -0.39 is 10.0 Å². The number of hydrogen-bond donors (Lipinski definition) is 1. The van der Waals surface area contributed by atoms with Gasteiger partial charge in [0.25, 0.3) is 0 Å². The molecule has 0 spiro atoms. The summed E-state index contributed by atoms with van der Waals surface area (Å²) >= 11 is 3.28. The maximum absolute atomic E-state index is 12.8. The number of nitrogens with one attached hydrogen (secondary N) is 1. The van der Waals surface area contributed by atoms with E-state index in [2.05, 4.69) is 21.2 Å². The zero-order valence-corrected chi connectivity index (χ0v) is 17.9. The molecule has 0 bridgehead atoms. The van der Waals surface area contributed by atoms with Gasteiger partial charge in [-0.2, -0.15) is 4.31 Å². The Labute approximate surface area is 168 Å². The lowest BCUT2D eigenvalue weighted by Crippen LogP contribution is -2.41. The number of amides is 1. The number of likely N-dealkylation sites (N-methyl/N-ethyl adjacent to an activating group) is 1. The third kappa shape index (κ3) is 5.54. The zero-order valence-electron chi connectivity index (χ0n) is 15.5. The molecule has 0 fully saturated rings. The molecule has 0 aliphatic heterocycles. The van der Waals surface area contributed by atoms with Crippen LogP contribution in [-0.2, 0) is 14.8 Å². The first kappa shape index (κ1) is 21.4. The average Bonchev–Trinajstić information content (AvgIpc) is 2.66. The Bertz CT molecular complexity index is 868. The van der Waals surface area contributed by atoms with E-state index in [4.69, 9.17) is 4.74 Å². The van der Waals surface area contributed by atoms with Crippen LogP contribution in [0.3, 0.4) is 0 Å². The normalized spacial score (nSPS) is 12.6. The van der Waals surface area contributed by atoms with Crippen molar-refractivity contribution in [2.75, 3.05) is 20.2 Å². The lowest BCUT2D eigenvalue weighted by molar-refractivity contribution is -0.121. The Morgan fingerprint density at radius 2 is 1.74 bits per heavy atom. The van der Waals surface area contributed by atoms with Crippen LogP contribution in [0, 0.1) is 0 Å². The first-order valence-corrected chi connectivity index (χ1v) is 10.7. The van der Waals surface area contributed by atoms with Crippen molar-refractivity contribution in [2.45, 2.75) is 24.8 Å². The summed E-state index contributed by atoms with van der Waals surface area (Å²) in [6, 6.07) is 13.4. The Kier molecular flexibility index (Phi) is 7.41. The van der Waals surface area contributed by atoms with Crippen molar-refractivity contribution in [1.82, 2.24) is 9.62 Å². The molecule has 0 aliphatic carbocycles. The van der Waals surface area contributed by atoms with Crippen LogP contribution in [0.15, 0.2) is 57.9 Å². The van der Waals surface area contributed by atoms with Crippen LogP contribution in [0.2, 0.25) is 0 Å². The molecule has 0 aliphatic rings. The Morgan fingerprint density at radius 1 is 1.15 bits per heavy atom. The summed E-state index contributed by atoms with van der Waals surface area (Å²) in [7, 11) is -2.15. The van der Waals surface area contributed by atoms with E-state index in [1.807, 2.05) is 31.2 Å². The van der Waals surface area contributed by atoms with Gasteiger partial charge in [-0.15, -0.1) is 0 Å². The minimum absolute atomic E-state index is 0.156. The van der Waals surface area contributed by atoms with Crippen molar-refractivity contribution in [1.29, 1.82) is 0 Å². The third-order valence-corrected chi connectivity index (χ3v) is 6.58. The van der Waals surface area contributed by atoms with Crippen LogP contribution >= 0.6 is 15.9 Å². The summed E-state index contributed by atoms with van der Waals surface area (Å²) in [5, 5.41) is 2.84. The topological polar surface area (TPSA) is 75.7 Å². The Hall–Kier alpha value is -1.90. The van der Waals surface area contributed by atoms with Gasteiger partial charge in [0.1, 0.15) is 5.75 Å². The standard InChI is InChI=1S/C19H23BrN2O4S/c1-4-22(27(24,25)18-11-7-16(20)8-12-18)13-19(23)21-14(2)15-5-9-17(26-3)10-6-15/h5-12,14H,4,13H2,1-3H3,(H,21,23). The maximum Gasteiger partial charge on any atom is 0.243 e. The fourth-order valence-electron chi connectivity index (χ4n) is 2.55. The summed E-state index contributed by atoms with van der Waals surface area (Å²) in [5.41, 5.74) is 0.906. The second-order valence-corrected chi connectivity index (χ2v) is 8.80. The fourth-order valence-corrected chi connectivity index (χ4v) is 4.22. The van der Waals surface area contributed by atoms with E-state index in [1.165, 1.54) is 12.1 Å². The summed E-state index contributed by atoms with van der Waals surface area (Å²) in [6.45, 7) is 3.51. The number of ether oxygens (including phenoxy) is 1. The molecule has 0 radical (unpaired) electrons. The van der Waals surface area contributed by atoms with E-state index in [-0.39, 0.29) is 29.9 Å². The van der Waals surface area contributed by atoms with Gasteiger partial charge in [-0.05, 0) is 48.9 Å². The zero-order chi connectivity index (χ0) is 20.0. The molecule has 0 heterocycles. The van der Waals surface area contributed by atoms with Crippen LogP contribution in [0.4, 0.5) is 0 Å². The van der Waals surface area contributed by atoms with E-state index in [0.717, 1.165) is 20.1 Å². The van der Waals surface area contributed by atoms with Crippen molar-refractivity contribution < 1.29 is 17.9 Å². The number of methoxy groups -OCH3 is 1. The largest absolute Gasteiger partial charge is 0.497 e. The molecule has 0 aromatic heterocycles. The number of nitrogens with zero attached hydrogens (tertiary/aromatic N) is 1. The van der Waals surface area contributed by atoms with Gasteiger partial charge in [0, 0.05) is 11.0 Å². The van der Waals surface area contributed by atoms with Gasteiger partial charge in [0.05, 0.1) is 24.6 Å². The predicted octanol–water partition coefficient (Wildman–Crippen LogP) is 3.35. The third-order valence-electron chi connectivity index (χ3n) is 4.12. The van der Waals surface area contributed by atoms with E-state index >= 15 is 0 Å². The highest BCUT2D eigenvalue weighted by molar-refractivity contribution is 9.10. The van der Waals surface area contributed by atoms with Gasteiger partial charge < -0.3 is 10.1 Å². The first-order valence-electron chi connectivity index (χ1n) is 8.47. The molecule has 27 heavy (non-hydrogen) atoms. The molecule has 0 saturated heterocycles. The van der Waals surface area contributed by atoms with Crippen LogP contribution in [0.25, 0.3) is 0 Å². The molecular formula is C19H23BrN2O4S. The van der Waals surface area contributed by atoms with Gasteiger partial charge in [-0.3, -0.25) is 4.79 Å². The lowest BCUT2D eigenvalue weighted by atomic mass is 10.1. The number of hydrogen-bond acceptors (Lipinski definition) is 4. The molecule has 1 unspecified atom stereocenters. The molecule has 1 atom stereocenters.